The SMILES string of the molecule is CC(=O)Nc1ccc(Oc2nc(Nc3cc(C4CC4)[nH]n3)nc(N3CCN(C)CC3)n2)cc1. The van der Waals surface area contributed by atoms with Gasteiger partial charge in [0.25, 0.3) is 0 Å². The number of anilines is 4. The number of rotatable bonds is 7. The number of aromatic amines is 1. The Labute approximate surface area is 191 Å². The number of aromatic nitrogens is 5. The van der Waals surface area contributed by atoms with Crippen molar-refractivity contribution in [3.05, 3.63) is 36.0 Å². The van der Waals surface area contributed by atoms with E-state index in [1.54, 1.807) is 24.3 Å². The van der Waals surface area contributed by atoms with E-state index in [1.165, 1.54) is 19.8 Å². The summed E-state index contributed by atoms with van der Waals surface area (Å²) in [4.78, 5) is 29.3. The lowest BCUT2D eigenvalue weighted by Crippen LogP contribution is -2.45. The summed E-state index contributed by atoms with van der Waals surface area (Å²) in [6.45, 7) is 4.97. The Hall–Kier alpha value is -3.73. The second kappa shape index (κ2) is 9.02. The molecule has 2 aromatic heterocycles. The Bertz CT molecular complexity index is 1120. The number of H-pyrrole nitrogens is 1. The number of carbonyl (C=O) groups is 1. The maximum absolute atomic E-state index is 11.2. The molecule has 1 aliphatic carbocycles. The first-order valence-electron chi connectivity index (χ1n) is 11.1. The maximum atomic E-state index is 11.2. The molecule has 3 heterocycles. The first-order valence-corrected chi connectivity index (χ1v) is 11.1. The molecule has 0 radical (unpaired) electrons. The molecule has 0 unspecified atom stereocenters. The minimum atomic E-state index is -0.128. The zero-order valence-electron chi connectivity index (χ0n) is 18.7. The number of piperazine rings is 1. The highest BCUT2D eigenvalue weighted by Crippen LogP contribution is 2.39. The first kappa shape index (κ1) is 21.1. The van der Waals surface area contributed by atoms with Crippen molar-refractivity contribution in [1.29, 1.82) is 0 Å². The van der Waals surface area contributed by atoms with Gasteiger partial charge in [0.05, 0.1) is 0 Å². The Balaban J connectivity index is 1.38. The molecule has 0 bridgehead atoms. The minimum absolute atomic E-state index is 0.128. The third-order valence-electron chi connectivity index (χ3n) is 5.63. The Morgan fingerprint density at radius 3 is 2.55 bits per heavy atom. The van der Waals surface area contributed by atoms with Crippen molar-refractivity contribution in [2.45, 2.75) is 25.7 Å². The summed E-state index contributed by atoms with van der Waals surface area (Å²) >= 11 is 0. The van der Waals surface area contributed by atoms with Gasteiger partial charge in [0.15, 0.2) is 5.82 Å². The average Bonchev–Trinajstić information content (AvgIpc) is 3.54. The van der Waals surface area contributed by atoms with Crippen molar-refractivity contribution in [2.24, 2.45) is 0 Å². The van der Waals surface area contributed by atoms with Gasteiger partial charge in [-0.05, 0) is 44.2 Å². The quantitative estimate of drug-likeness (QED) is 0.499. The Morgan fingerprint density at radius 1 is 1.09 bits per heavy atom. The van der Waals surface area contributed by atoms with Gasteiger partial charge in [-0.3, -0.25) is 9.89 Å². The van der Waals surface area contributed by atoms with Crippen LogP contribution in [0.5, 0.6) is 11.8 Å². The van der Waals surface area contributed by atoms with Gasteiger partial charge < -0.3 is 25.2 Å². The van der Waals surface area contributed by atoms with Crippen molar-refractivity contribution in [3.8, 4) is 11.8 Å². The Kier molecular flexibility index (Phi) is 5.78. The zero-order valence-corrected chi connectivity index (χ0v) is 18.7. The van der Waals surface area contributed by atoms with E-state index in [4.69, 9.17) is 4.74 Å². The zero-order chi connectivity index (χ0) is 22.8. The van der Waals surface area contributed by atoms with Crippen LogP contribution in [0.25, 0.3) is 0 Å². The van der Waals surface area contributed by atoms with Gasteiger partial charge in [-0.1, -0.05) is 0 Å². The van der Waals surface area contributed by atoms with Gasteiger partial charge >= 0.3 is 6.01 Å². The predicted molar refractivity (Wildman–Crippen MR) is 124 cm³/mol. The fourth-order valence-corrected chi connectivity index (χ4v) is 3.63. The molecule has 3 N–H and O–H groups in total. The van der Waals surface area contributed by atoms with Crippen LogP contribution >= 0.6 is 0 Å². The van der Waals surface area contributed by atoms with E-state index in [1.807, 2.05) is 6.07 Å². The summed E-state index contributed by atoms with van der Waals surface area (Å²) in [6.07, 6.45) is 2.39. The molecular formula is C22H27N9O2. The number of carbonyl (C=O) groups excluding carboxylic acids is 1. The van der Waals surface area contributed by atoms with E-state index >= 15 is 0 Å². The maximum Gasteiger partial charge on any atom is 0.328 e. The van der Waals surface area contributed by atoms with Crippen LogP contribution in [0.1, 0.15) is 31.4 Å². The van der Waals surface area contributed by atoms with Crippen molar-refractivity contribution < 1.29 is 9.53 Å². The number of likely N-dealkylation sites (N-methyl/N-ethyl adjacent to an activating group) is 1. The molecule has 0 spiro atoms. The van der Waals surface area contributed by atoms with Crippen molar-refractivity contribution in [3.63, 3.8) is 0 Å². The van der Waals surface area contributed by atoms with E-state index in [0.717, 1.165) is 31.9 Å². The van der Waals surface area contributed by atoms with Crippen LogP contribution in [0.3, 0.4) is 0 Å². The first-order chi connectivity index (χ1) is 16.0. The number of hydrogen-bond donors (Lipinski definition) is 3. The third kappa shape index (κ3) is 5.37. The fourth-order valence-electron chi connectivity index (χ4n) is 3.63. The van der Waals surface area contributed by atoms with Crippen LogP contribution in [-0.4, -0.2) is 69.2 Å². The summed E-state index contributed by atoms with van der Waals surface area (Å²) in [7, 11) is 2.10. The number of nitrogens with zero attached hydrogens (tertiary/aromatic N) is 6. The smallest absolute Gasteiger partial charge is 0.328 e. The highest BCUT2D eigenvalue weighted by atomic mass is 16.5. The third-order valence-corrected chi connectivity index (χ3v) is 5.63. The predicted octanol–water partition coefficient (Wildman–Crippen LogP) is 2.72. The molecule has 1 aromatic carbocycles. The molecule has 0 atom stereocenters. The summed E-state index contributed by atoms with van der Waals surface area (Å²) in [5, 5.41) is 13.3. The molecular weight excluding hydrogens is 422 g/mol. The molecule has 1 saturated carbocycles. The second-order valence-electron chi connectivity index (χ2n) is 8.45. The minimum Gasteiger partial charge on any atom is -0.424 e. The van der Waals surface area contributed by atoms with Gasteiger partial charge in [-0.2, -0.15) is 20.1 Å². The molecule has 1 saturated heterocycles. The van der Waals surface area contributed by atoms with E-state index in [9.17, 15) is 4.79 Å². The summed E-state index contributed by atoms with van der Waals surface area (Å²) in [6, 6.07) is 9.23. The lowest BCUT2D eigenvalue weighted by molar-refractivity contribution is -0.114. The van der Waals surface area contributed by atoms with Crippen LogP contribution in [0.15, 0.2) is 30.3 Å². The number of ether oxygens (including phenoxy) is 1. The second-order valence-corrected chi connectivity index (χ2v) is 8.45. The van der Waals surface area contributed by atoms with Gasteiger partial charge in [0.2, 0.25) is 17.8 Å². The van der Waals surface area contributed by atoms with Crippen LogP contribution in [0.4, 0.5) is 23.4 Å². The molecule has 11 nitrogen and oxygen atoms in total. The monoisotopic (exact) mass is 449 g/mol. The molecule has 172 valence electrons. The van der Waals surface area contributed by atoms with Crippen LogP contribution in [0.2, 0.25) is 0 Å². The molecule has 2 aliphatic rings. The van der Waals surface area contributed by atoms with Gasteiger partial charge in [-0.15, -0.1) is 0 Å². The van der Waals surface area contributed by atoms with Crippen LogP contribution < -0.4 is 20.3 Å². The number of hydrogen-bond acceptors (Lipinski definition) is 9. The fraction of sp³-hybridized carbons (Fsp3) is 0.409. The van der Waals surface area contributed by atoms with Crippen LogP contribution in [-0.2, 0) is 4.79 Å². The van der Waals surface area contributed by atoms with Gasteiger partial charge in [0.1, 0.15) is 5.75 Å². The number of benzene rings is 1. The number of nitrogens with one attached hydrogen (secondary N) is 3. The van der Waals surface area contributed by atoms with Crippen molar-refractivity contribution in [2.75, 3.05) is 48.8 Å². The highest BCUT2D eigenvalue weighted by molar-refractivity contribution is 5.88. The lowest BCUT2D eigenvalue weighted by atomic mass is 10.3. The van der Waals surface area contributed by atoms with Gasteiger partial charge in [0, 0.05) is 56.5 Å². The molecule has 1 aliphatic heterocycles. The summed E-state index contributed by atoms with van der Waals surface area (Å²) in [5.74, 6) is 2.60. The Morgan fingerprint density at radius 2 is 1.85 bits per heavy atom. The van der Waals surface area contributed by atoms with Gasteiger partial charge in [-0.25, -0.2) is 0 Å². The lowest BCUT2D eigenvalue weighted by Gasteiger charge is -2.32. The molecule has 11 heteroatoms. The normalized spacial score (nSPS) is 16.5. The molecule has 5 rings (SSSR count). The van der Waals surface area contributed by atoms with E-state index in [2.05, 4.69) is 52.6 Å². The molecule has 3 aromatic rings. The standard InChI is InChI=1S/C22H27N9O2/c1-14(32)23-16-5-7-17(8-6-16)33-22-26-20(24-19-13-18(28-29-19)15-3-4-15)25-21(27-22)31-11-9-30(2)10-12-31/h5-8,13,15H,3-4,9-12H2,1-2H3,(H,23,32)(H2,24,25,26,27,28,29). The van der Waals surface area contributed by atoms with E-state index < -0.39 is 0 Å². The van der Waals surface area contributed by atoms with Crippen molar-refractivity contribution in [1.82, 2.24) is 30.0 Å². The summed E-state index contributed by atoms with van der Waals surface area (Å²) < 4.78 is 5.94. The van der Waals surface area contributed by atoms with Crippen molar-refractivity contribution >= 4 is 29.3 Å². The number of amides is 1. The highest BCUT2D eigenvalue weighted by Gasteiger charge is 2.26. The topological polar surface area (TPSA) is 124 Å². The average molecular weight is 450 g/mol. The van der Waals surface area contributed by atoms with Crippen LogP contribution in [0, 0.1) is 0 Å². The largest absolute Gasteiger partial charge is 0.424 e. The molecule has 2 fully saturated rings. The molecule has 1 amide bonds. The summed E-state index contributed by atoms with van der Waals surface area (Å²) in [5.41, 5.74) is 1.82. The van der Waals surface area contributed by atoms with E-state index in [-0.39, 0.29) is 11.9 Å². The molecule has 33 heavy (non-hydrogen) atoms. The van der Waals surface area contributed by atoms with E-state index in [0.29, 0.717) is 35.1 Å².